The van der Waals surface area contributed by atoms with Crippen LogP contribution in [0.3, 0.4) is 0 Å². The largest absolute Gasteiger partial charge is 0.342 e. The van der Waals surface area contributed by atoms with Crippen LogP contribution >= 0.6 is 0 Å². The van der Waals surface area contributed by atoms with Gasteiger partial charge in [0.05, 0.1) is 0 Å². The van der Waals surface area contributed by atoms with Crippen LogP contribution in [0.1, 0.15) is 82.9 Å². The van der Waals surface area contributed by atoms with E-state index in [1.54, 1.807) is 6.20 Å². The average molecular weight is 438 g/mol. The number of aromatic nitrogens is 3. The van der Waals surface area contributed by atoms with Crippen LogP contribution in [0.15, 0.2) is 12.4 Å². The van der Waals surface area contributed by atoms with Gasteiger partial charge >= 0.3 is 0 Å². The zero-order valence-electron chi connectivity index (χ0n) is 20.1. The fourth-order valence-corrected chi connectivity index (χ4v) is 5.97. The zero-order valence-corrected chi connectivity index (χ0v) is 20.1. The van der Waals surface area contributed by atoms with Gasteiger partial charge in [-0.1, -0.05) is 27.2 Å². The van der Waals surface area contributed by atoms with Gasteiger partial charge in [0.25, 0.3) is 0 Å². The number of amides is 1. The van der Waals surface area contributed by atoms with Gasteiger partial charge in [-0.05, 0) is 62.9 Å². The number of rotatable bonds is 4. The number of carbonyl (C=O) groups excluding carboxylic acids is 1. The Balaban J connectivity index is 1.30. The molecule has 1 N–H and O–H groups in total. The van der Waals surface area contributed by atoms with E-state index in [0.29, 0.717) is 23.2 Å². The van der Waals surface area contributed by atoms with Crippen molar-refractivity contribution < 1.29 is 4.79 Å². The molecule has 174 valence electrons. The molecule has 2 aliphatic heterocycles. The van der Waals surface area contributed by atoms with E-state index in [-0.39, 0.29) is 0 Å². The van der Waals surface area contributed by atoms with Crippen molar-refractivity contribution in [3.05, 3.63) is 23.7 Å². The van der Waals surface area contributed by atoms with Gasteiger partial charge in [0.15, 0.2) is 5.65 Å². The molecule has 0 radical (unpaired) electrons. The molecular formula is C26H39N5O. The number of carbonyl (C=O) groups is 1. The molecule has 1 aliphatic carbocycles. The molecule has 1 saturated carbocycles. The summed E-state index contributed by atoms with van der Waals surface area (Å²) >= 11 is 0. The first kappa shape index (κ1) is 21.9. The molecule has 0 aromatic carbocycles. The standard InChI is InChI=1S/C26H39N5O/c1-26(2,3)20-9-13-30(14-10-20)17-21-22(29-24-23(21)27-11-12-28-24)18-7-15-31(16-8-18)25(32)19-5-4-6-19/h11-12,18-20H,4-10,13-17H2,1-3H3,(H,28,29). The van der Waals surface area contributed by atoms with E-state index in [2.05, 4.69) is 40.5 Å². The van der Waals surface area contributed by atoms with Gasteiger partial charge in [-0.25, -0.2) is 4.98 Å². The molecule has 0 atom stereocenters. The average Bonchev–Trinajstić information content (AvgIpc) is 3.11. The Labute approximate surface area is 192 Å². The van der Waals surface area contributed by atoms with E-state index < -0.39 is 0 Å². The van der Waals surface area contributed by atoms with Gasteiger partial charge in [0, 0.05) is 55.1 Å². The van der Waals surface area contributed by atoms with E-state index in [1.807, 2.05) is 6.20 Å². The Hall–Kier alpha value is -1.95. The maximum Gasteiger partial charge on any atom is 0.225 e. The number of aromatic amines is 1. The normalized spacial score (nSPS) is 22.4. The van der Waals surface area contributed by atoms with Crippen molar-refractivity contribution in [2.45, 2.75) is 78.2 Å². The number of hydrogen-bond donors (Lipinski definition) is 1. The van der Waals surface area contributed by atoms with Gasteiger partial charge in [0.2, 0.25) is 5.91 Å². The minimum absolute atomic E-state index is 0.305. The number of nitrogens with zero attached hydrogens (tertiary/aromatic N) is 4. The van der Waals surface area contributed by atoms with Gasteiger partial charge < -0.3 is 9.88 Å². The second-order valence-corrected chi connectivity index (χ2v) is 11.4. The smallest absolute Gasteiger partial charge is 0.225 e. The highest BCUT2D eigenvalue weighted by Crippen LogP contribution is 2.38. The second kappa shape index (κ2) is 8.77. The minimum Gasteiger partial charge on any atom is -0.342 e. The molecule has 3 fully saturated rings. The van der Waals surface area contributed by atoms with Crippen molar-refractivity contribution >= 4 is 17.1 Å². The quantitative estimate of drug-likeness (QED) is 0.751. The molecule has 6 nitrogen and oxygen atoms in total. The summed E-state index contributed by atoms with van der Waals surface area (Å²) in [6.07, 6.45) is 11.6. The lowest BCUT2D eigenvalue weighted by molar-refractivity contribution is -0.139. The number of H-pyrrole nitrogens is 1. The van der Waals surface area contributed by atoms with Crippen LogP contribution in [0.25, 0.3) is 11.2 Å². The number of fused-ring (bicyclic) bond motifs is 1. The van der Waals surface area contributed by atoms with Crippen LogP contribution in [0.2, 0.25) is 0 Å². The highest BCUT2D eigenvalue weighted by atomic mass is 16.2. The molecule has 6 heteroatoms. The Morgan fingerprint density at radius 2 is 1.69 bits per heavy atom. The van der Waals surface area contributed by atoms with E-state index in [9.17, 15) is 4.79 Å². The summed E-state index contributed by atoms with van der Waals surface area (Å²) in [6, 6.07) is 0. The summed E-state index contributed by atoms with van der Waals surface area (Å²) in [5.74, 6) is 1.97. The highest BCUT2D eigenvalue weighted by Gasteiger charge is 2.34. The monoisotopic (exact) mass is 437 g/mol. The maximum atomic E-state index is 12.7. The van der Waals surface area contributed by atoms with Crippen molar-refractivity contribution in [2.75, 3.05) is 26.2 Å². The lowest BCUT2D eigenvalue weighted by Gasteiger charge is -2.39. The van der Waals surface area contributed by atoms with Gasteiger partial charge in [-0.3, -0.25) is 14.7 Å². The first-order valence-electron chi connectivity index (χ1n) is 12.7. The fourth-order valence-electron chi connectivity index (χ4n) is 5.97. The third-order valence-corrected chi connectivity index (χ3v) is 8.43. The lowest BCUT2D eigenvalue weighted by atomic mass is 9.75. The van der Waals surface area contributed by atoms with Crippen LogP contribution in [0.5, 0.6) is 0 Å². The SMILES string of the molecule is CC(C)(C)C1CCN(Cc2c(C3CCN(C(=O)C4CCC4)CC3)[nH]c3nccnc23)CC1. The van der Waals surface area contributed by atoms with E-state index in [1.165, 1.54) is 30.5 Å². The Morgan fingerprint density at radius 1 is 1.00 bits per heavy atom. The molecule has 3 aliphatic rings. The van der Waals surface area contributed by atoms with Crippen molar-refractivity contribution in [1.82, 2.24) is 24.8 Å². The molecule has 2 saturated heterocycles. The summed E-state index contributed by atoms with van der Waals surface area (Å²) in [7, 11) is 0. The first-order chi connectivity index (χ1) is 15.4. The third-order valence-electron chi connectivity index (χ3n) is 8.43. The van der Waals surface area contributed by atoms with Crippen LogP contribution in [0, 0.1) is 17.3 Å². The van der Waals surface area contributed by atoms with Crippen molar-refractivity contribution in [3.8, 4) is 0 Å². The molecule has 1 amide bonds. The Kier molecular flexibility index (Phi) is 5.99. The van der Waals surface area contributed by atoms with Crippen LogP contribution in [0.4, 0.5) is 0 Å². The van der Waals surface area contributed by atoms with Crippen molar-refractivity contribution in [2.24, 2.45) is 17.3 Å². The lowest BCUT2D eigenvalue weighted by Crippen LogP contribution is -2.43. The summed E-state index contributed by atoms with van der Waals surface area (Å²) in [6.45, 7) is 12.2. The van der Waals surface area contributed by atoms with E-state index in [0.717, 1.165) is 75.5 Å². The molecule has 32 heavy (non-hydrogen) atoms. The molecular weight excluding hydrogens is 398 g/mol. The molecule has 0 bridgehead atoms. The maximum absolute atomic E-state index is 12.7. The van der Waals surface area contributed by atoms with Crippen LogP contribution in [-0.2, 0) is 11.3 Å². The second-order valence-electron chi connectivity index (χ2n) is 11.4. The Bertz CT molecular complexity index is 941. The van der Waals surface area contributed by atoms with Gasteiger partial charge in [-0.15, -0.1) is 0 Å². The number of nitrogens with one attached hydrogen (secondary N) is 1. The van der Waals surface area contributed by atoms with E-state index in [4.69, 9.17) is 4.98 Å². The minimum atomic E-state index is 0.305. The molecule has 0 spiro atoms. The molecule has 0 unspecified atom stereocenters. The predicted octanol–water partition coefficient (Wildman–Crippen LogP) is 4.72. The highest BCUT2D eigenvalue weighted by molar-refractivity contribution is 5.80. The molecule has 4 heterocycles. The summed E-state index contributed by atoms with van der Waals surface area (Å²) in [5, 5.41) is 0. The first-order valence-corrected chi connectivity index (χ1v) is 12.7. The van der Waals surface area contributed by atoms with Crippen LogP contribution < -0.4 is 0 Å². The van der Waals surface area contributed by atoms with Crippen molar-refractivity contribution in [1.29, 1.82) is 0 Å². The van der Waals surface area contributed by atoms with Crippen LogP contribution in [-0.4, -0.2) is 56.8 Å². The Morgan fingerprint density at radius 3 is 2.31 bits per heavy atom. The summed E-state index contributed by atoms with van der Waals surface area (Å²) < 4.78 is 0. The zero-order chi connectivity index (χ0) is 22.3. The predicted molar refractivity (Wildman–Crippen MR) is 127 cm³/mol. The fraction of sp³-hybridized carbons (Fsp3) is 0.731. The molecule has 2 aromatic rings. The third kappa shape index (κ3) is 4.30. The summed E-state index contributed by atoms with van der Waals surface area (Å²) in [5.41, 5.74) is 5.00. The van der Waals surface area contributed by atoms with Gasteiger partial charge in [0.1, 0.15) is 5.52 Å². The van der Waals surface area contributed by atoms with Gasteiger partial charge in [-0.2, -0.15) is 0 Å². The number of hydrogen-bond acceptors (Lipinski definition) is 4. The number of piperidine rings is 2. The topological polar surface area (TPSA) is 65.1 Å². The van der Waals surface area contributed by atoms with E-state index >= 15 is 0 Å². The summed E-state index contributed by atoms with van der Waals surface area (Å²) in [4.78, 5) is 30.4. The van der Waals surface area contributed by atoms with Crippen molar-refractivity contribution in [3.63, 3.8) is 0 Å². The molecule has 5 rings (SSSR count). The number of likely N-dealkylation sites (tertiary alicyclic amines) is 2. The molecule has 2 aromatic heterocycles.